The molecule has 1 atom stereocenters. The van der Waals surface area contributed by atoms with Gasteiger partial charge in [0.25, 0.3) is 5.91 Å². The molecule has 0 radical (unpaired) electrons. The van der Waals surface area contributed by atoms with E-state index in [0.717, 1.165) is 21.8 Å². The minimum Gasteiger partial charge on any atom is -0.352 e. The molecule has 0 heterocycles. The Morgan fingerprint density at radius 1 is 1.41 bits per heavy atom. The van der Waals surface area contributed by atoms with Crippen LogP contribution < -0.4 is 5.32 Å². The van der Waals surface area contributed by atoms with Crippen LogP contribution in [0.5, 0.6) is 0 Å². The minimum absolute atomic E-state index is 0.0472. The number of carbonyl (C=O) groups excluding carboxylic acids is 1. The fourth-order valence-electron chi connectivity index (χ4n) is 1.31. The van der Waals surface area contributed by atoms with Gasteiger partial charge in [-0.15, -0.1) is 0 Å². The van der Waals surface area contributed by atoms with E-state index in [1.807, 2.05) is 18.2 Å². The number of hydrogen-bond donors (Lipinski definition) is 1. The molecule has 1 amide bonds. The highest BCUT2D eigenvalue weighted by Crippen LogP contribution is 2.21. The normalized spacial score (nSPS) is 12.2. The van der Waals surface area contributed by atoms with Gasteiger partial charge in [0, 0.05) is 20.3 Å². The Morgan fingerprint density at radius 2 is 2.12 bits per heavy atom. The Hall–Kier alpha value is 0.130. The minimum atomic E-state index is -0.0472. The predicted octanol–water partition coefficient (Wildman–Crippen LogP) is 4.51. The molecule has 0 saturated heterocycles. The molecule has 2 nitrogen and oxygen atoms in total. The van der Waals surface area contributed by atoms with Crippen LogP contribution in [-0.4, -0.2) is 17.3 Å². The standard InChI is InChI=1S/C12H14Br3NO/c1-2-8(13)5-6-16-12(17)10-7-9(14)3-4-11(10)15/h3-4,7-8H,2,5-6H2,1H3,(H,16,17). The first-order valence-electron chi connectivity index (χ1n) is 5.42. The molecule has 0 saturated carbocycles. The summed E-state index contributed by atoms with van der Waals surface area (Å²) in [6.45, 7) is 2.80. The van der Waals surface area contributed by atoms with Crippen LogP contribution in [0.15, 0.2) is 27.1 Å². The van der Waals surface area contributed by atoms with Crippen LogP contribution in [0, 0.1) is 0 Å². The molecule has 1 N–H and O–H groups in total. The highest BCUT2D eigenvalue weighted by Gasteiger charge is 2.10. The Kier molecular flexibility index (Phi) is 6.74. The van der Waals surface area contributed by atoms with Gasteiger partial charge in [0.1, 0.15) is 0 Å². The predicted molar refractivity (Wildman–Crippen MR) is 81.8 cm³/mol. The van der Waals surface area contributed by atoms with Gasteiger partial charge in [-0.1, -0.05) is 38.8 Å². The molecule has 0 spiro atoms. The number of amides is 1. The van der Waals surface area contributed by atoms with Gasteiger partial charge in [0.15, 0.2) is 0 Å². The van der Waals surface area contributed by atoms with Crippen LogP contribution in [0.1, 0.15) is 30.1 Å². The molecule has 1 unspecified atom stereocenters. The summed E-state index contributed by atoms with van der Waals surface area (Å²) in [5.41, 5.74) is 0.655. The van der Waals surface area contributed by atoms with Crippen molar-refractivity contribution in [2.24, 2.45) is 0 Å². The van der Waals surface area contributed by atoms with E-state index in [1.54, 1.807) is 0 Å². The molecule has 1 aromatic carbocycles. The van der Waals surface area contributed by atoms with Crippen molar-refractivity contribution in [1.82, 2.24) is 5.32 Å². The van der Waals surface area contributed by atoms with Crippen molar-refractivity contribution >= 4 is 53.7 Å². The zero-order valence-corrected chi connectivity index (χ0v) is 14.2. The second kappa shape index (κ2) is 7.54. The third-order valence-electron chi connectivity index (χ3n) is 2.36. The van der Waals surface area contributed by atoms with Crippen molar-refractivity contribution in [3.63, 3.8) is 0 Å². The zero-order valence-electron chi connectivity index (χ0n) is 9.47. The summed E-state index contributed by atoms with van der Waals surface area (Å²) in [5.74, 6) is -0.0472. The summed E-state index contributed by atoms with van der Waals surface area (Å²) in [6.07, 6.45) is 2.00. The summed E-state index contributed by atoms with van der Waals surface area (Å²) in [4.78, 5) is 12.4. The van der Waals surface area contributed by atoms with E-state index < -0.39 is 0 Å². The Labute approximate surface area is 127 Å². The Balaban J connectivity index is 2.55. The molecule has 1 rings (SSSR count). The average Bonchev–Trinajstić information content (AvgIpc) is 2.31. The summed E-state index contributed by atoms with van der Waals surface area (Å²) in [6, 6.07) is 5.57. The molecule has 0 aliphatic rings. The first-order chi connectivity index (χ1) is 8.04. The molecule has 94 valence electrons. The van der Waals surface area contributed by atoms with Crippen molar-refractivity contribution < 1.29 is 4.79 Å². The van der Waals surface area contributed by atoms with E-state index >= 15 is 0 Å². The molecule has 1 aromatic rings. The lowest BCUT2D eigenvalue weighted by atomic mass is 10.2. The van der Waals surface area contributed by atoms with E-state index in [0.29, 0.717) is 16.9 Å². The number of rotatable bonds is 5. The second-order valence-corrected chi connectivity index (χ2v) is 6.74. The number of alkyl halides is 1. The van der Waals surface area contributed by atoms with E-state index in [9.17, 15) is 4.79 Å². The molecule has 5 heteroatoms. The molecular weight excluding hydrogens is 414 g/mol. The van der Waals surface area contributed by atoms with Crippen LogP contribution >= 0.6 is 47.8 Å². The highest BCUT2D eigenvalue weighted by molar-refractivity contribution is 9.11. The zero-order chi connectivity index (χ0) is 12.8. The van der Waals surface area contributed by atoms with Gasteiger partial charge >= 0.3 is 0 Å². The second-order valence-electron chi connectivity index (χ2n) is 3.67. The van der Waals surface area contributed by atoms with Gasteiger partial charge < -0.3 is 5.32 Å². The molecule has 0 aromatic heterocycles. The van der Waals surface area contributed by atoms with Crippen molar-refractivity contribution in [3.05, 3.63) is 32.7 Å². The van der Waals surface area contributed by atoms with Crippen LogP contribution in [0.25, 0.3) is 0 Å². The Morgan fingerprint density at radius 3 is 2.76 bits per heavy atom. The van der Waals surface area contributed by atoms with Gasteiger partial charge in [-0.05, 0) is 47.0 Å². The van der Waals surface area contributed by atoms with Gasteiger partial charge in [0.05, 0.1) is 5.56 Å². The molecule has 0 bridgehead atoms. The lowest BCUT2D eigenvalue weighted by Crippen LogP contribution is -2.26. The molecule has 0 fully saturated rings. The van der Waals surface area contributed by atoms with E-state index in [2.05, 4.69) is 60.0 Å². The van der Waals surface area contributed by atoms with Crippen molar-refractivity contribution in [2.45, 2.75) is 24.6 Å². The molecule has 0 aliphatic carbocycles. The van der Waals surface area contributed by atoms with Gasteiger partial charge in [-0.25, -0.2) is 0 Å². The largest absolute Gasteiger partial charge is 0.352 e. The summed E-state index contributed by atoms with van der Waals surface area (Å²) in [7, 11) is 0. The molecular formula is C12H14Br3NO. The number of benzene rings is 1. The maximum absolute atomic E-state index is 11.9. The Bertz CT molecular complexity index is 395. The highest BCUT2D eigenvalue weighted by atomic mass is 79.9. The number of hydrogen-bond acceptors (Lipinski definition) is 1. The summed E-state index contributed by atoms with van der Waals surface area (Å²) >= 11 is 10.3. The van der Waals surface area contributed by atoms with E-state index in [4.69, 9.17) is 0 Å². The summed E-state index contributed by atoms with van der Waals surface area (Å²) in [5, 5.41) is 2.91. The van der Waals surface area contributed by atoms with Crippen molar-refractivity contribution in [3.8, 4) is 0 Å². The third-order valence-corrected chi connectivity index (χ3v) is 4.65. The van der Waals surface area contributed by atoms with Gasteiger partial charge in [-0.2, -0.15) is 0 Å². The lowest BCUT2D eigenvalue weighted by molar-refractivity contribution is 0.0952. The van der Waals surface area contributed by atoms with Crippen LogP contribution in [0.3, 0.4) is 0 Å². The van der Waals surface area contributed by atoms with E-state index in [1.165, 1.54) is 0 Å². The maximum Gasteiger partial charge on any atom is 0.252 e. The van der Waals surface area contributed by atoms with Crippen molar-refractivity contribution in [1.29, 1.82) is 0 Å². The maximum atomic E-state index is 11.9. The monoisotopic (exact) mass is 425 g/mol. The summed E-state index contributed by atoms with van der Waals surface area (Å²) < 4.78 is 1.71. The fraction of sp³-hybridized carbons (Fsp3) is 0.417. The molecule has 17 heavy (non-hydrogen) atoms. The quantitative estimate of drug-likeness (QED) is 0.688. The third kappa shape index (κ3) is 5.10. The average molecular weight is 428 g/mol. The number of nitrogens with one attached hydrogen (secondary N) is 1. The number of halogens is 3. The van der Waals surface area contributed by atoms with E-state index in [-0.39, 0.29) is 5.91 Å². The van der Waals surface area contributed by atoms with Gasteiger partial charge in [-0.3, -0.25) is 4.79 Å². The lowest BCUT2D eigenvalue weighted by Gasteiger charge is -2.09. The first kappa shape index (κ1) is 15.2. The first-order valence-corrected chi connectivity index (χ1v) is 7.92. The van der Waals surface area contributed by atoms with Crippen LogP contribution in [0.2, 0.25) is 0 Å². The van der Waals surface area contributed by atoms with Crippen LogP contribution in [0.4, 0.5) is 0 Å². The smallest absolute Gasteiger partial charge is 0.252 e. The molecule has 0 aliphatic heterocycles. The van der Waals surface area contributed by atoms with Crippen molar-refractivity contribution in [2.75, 3.05) is 6.54 Å². The van der Waals surface area contributed by atoms with Crippen LogP contribution in [-0.2, 0) is 0 Å². The SMILES string of the molecule is CCC(Br)CCNC(=O)c1cc(Br)ccc1Br. The van der Waals surface area contributed by atoms with Gasteiger partial charge in [0.2, 0.25) is 0 Å². The number of carbonyl (C=O) groups is 1. The fourth-order valence-corrected chi connectivity index (χ4v) is 2.33. The topological polar surface area (TPSA) is 29.1 Å².